The number of Topliss-reactive ketones (excluding diaryl/α,β-unsaturated/α-hetero) is 2. The van der Waals surface area contributed by atoms with Crippen LogP contribution < -0.4 is 16.4 Å². The second kappa shape index (κ2) is 13.5. The summed E-state index contributed by atoms with van der Waals surface area (Å²) >= 11 is 0. The van der Waals surface area contributed by atoms with Crippen molar-refractivity contribution in [1.29, 1.82) is 0 Å². The molecular weight excluding hydrogens is 570 g/mol. The van der Waals surface area contributed by atoms with Gasteiger partial charge < -0.3 is 25.2 Å². The van der Waals surface area contributed by atoms with Gasteiger partial charge in [-0.3, -0.25) is 15.3 Å². The summed E-state index contributed by atoms with van der Waals surface area (Å²) in [5.41, 5.74) is 5.76. The molecule has 6 rings (SSSR count). The zero-order valence-corrected chi connectivity index (χ0v) is 27.3. The molecule has 0 aromatic carbocycles. The van der Waals surface area contributed by atoms with Crippen LogP contribution in [0.25, 0.3) is 0 Å². The van der Waals surface area contributed by atoms with Crippen molar-refractivity contribution in [3.05, 3.63) is 34.9 Å². The van der Waals surface area contributed by atoms with Crippen LogP contribution in [0, 0.1) is 29.6 Å². The maximum Gasteiger partial charge on any atom is 0.350 e. The van der Waals surface area contributed by atoms with E-state index < -0.39 is 29.0 Å². The zero-order valence-electron chi connectivity index (χ0n) is 27.3. The van der Waals surface area contributed by atoms with E-state index in [-0.39, 0.29) is 49.3 Å². The van der Waals surface area contributed by atoms with Crippen molar-refractivity contribution in [3.8, 4) is 0 Å². The average molecular weight is 626 g/mol. The Morgan fingerprint density at radius 3 is 2.67 bits per heavy atom. The van der Waals surface area contributed by atoms with Gasteiger partial charge in [0.25, 0.3) is 5.60 Å². The molecule has 2 saturated heterocycles. The number of esters is 1. The molecule has 2 aliphatic heterocycles. The molecule has 0 bridgehead atoms. The molecule has 248 valence electrons. The molecule has 4 fully saturated rings. The first kappa shape index (κ1) is 32.8. The number of ether oxygens (including phenoxy) is 2. The van der Waals surface area contributed by atoms with Gasteiger partial charge in [-0.05, 0) is 94.3 Å². The van der Waals surface area contributed by atoms with E-state index in [0.29, 0.717) is 30.3 Å². The number of carbonyl (C=O) groups is 3. The third-order valence-corrected chi connectivity index (χ3v) is 12.1. The normalized spacial score (nSPS) is 39.6. The fourth-order valence-corrected chi connectivity index (χ4v) is 9.37. The maximum atomic E-state index is 14.3. The van der Waals surface area contributed by atoms with E-state index in [1.807, 2.05) is 6.92 Å². The molecule has 0 spiro atoms. The third kappa shape index (κ3) is 6.04. The van der Waals surface area contributed by atoms with E-state index in [1.54, 1.807) is 0 Å². The van der Waals surface area contributed by atoms with Crippen LogP contribution in [-0.4, -0.2) is 72.4 Å². The molecule has 0 amide bonds. The van der Waals surface area contributed by atoms with Crippen LogP contribution in [0.2, 0.25) is 0 Å². The van der Waals surface area contributed by atoms with Crippen LogP contribution in [0.5, 0.6) is 0 Å². The molecule has 0 radical (unpaired) electrons. The van der Waals surface area contributed by atoms with Crippen LogP contribution in [0.1, 0.15) is 90.9 Å². The largest absolute Gasteiger partial charge is 0.463 e. The summed E-state index contributed by atoms with van der Waals surface area (Å²) in [6.45, 7) is 6.02. The molecule has 2 heterocycles. The molecule has 0 aromatic heterocycles. The van der Waals surface area contributed by atoms with Gasteiger partial charge in [0.2, 0.25) is 0 Å². The second-order valence-electron chi connectivity index (χ2n) is 14.8. The lowest BCUT2D eigenvalue weighted by atomic mass is 9.60. The first-order valence-electron chi connectivity index (χ1n) is 17.8. The standard InChI is InChI=1S/C36H53N3O6/c1-3-38-30-18-25-9-5-4-8-24(25)17-26(30)21-44-34(43)36-33(42)29-11-7-6-10-28(29)32(41)35(36,45-36)19-27(20-40)22(2)12-13-23-14-15-39-31(37)16-23/h5,9,18,23-24,26,28-31,38-40H,3-4,6-8,10-17,19-21,37H2,1-2H3/p+2/t23?,24-,26-,28?,29?,30-,31?,35-,36-/m0/s1. The summed E-state index contributed by atoms with van der Waals surface area (Å²) in [7, 11) is 0. The van der Waals surface area contributed by atoms with Crippen molar-refractivity contribution >= 4 is 17.5 Å². The molecule has 9 nitrogen and oxygen atoms in total. The highest BCUT2D eigenvalue weighted by Gasteiger charge is 2.87. The number of fused-ring (bicyclic) bond motifs is 3. The monoisotopic (exact) mass is 625 g/mol. The molecular formula is C36H55N3O6+2. The highest BCUT2D eigenvalue weighted by Crippen LogP contribution is 2.62. The minimum absolute atomic E-state index is 0.0619. The Morgan fingerprint density at radius 2 is 1.93 bits per heavy atom. The maximum absolute atomic E-state index is 14.3. The lowest BCUT2D eigenvalue weighted by Gasteiger charge is -2.37. The van der Waals surface area contributed by atoms with Gasteiger partial charge in [-0.15, -0.1) is 0 Å². The molecule has 9 heteroatoms. The summed E-state index contributed by atoms with van der Waals surface area (Å²) in [5, 5.41) is 15.0. The van der Waals surface area contributed by atoms with Crippen LogP contribution in [0.3, 0.4) is 0 Å². The highest BCUT2D eigenvalue weighted by atomic mass is 16.7. The van der Waals surface area contributed by atoms with Crippen LogP contribution in [0.4, 0.5) is 0 Å². The Morgan fingerprint density at radius 1 is 1.16 bits per heavy atom. The number of hydrogen-bond donors (Lipinski definition) is 4. The van der Waals surface area contributed by atoms with Crippen molar-refractivity contribution in [2.24, 2.45) is 35.3 Å². The van der Waals surface area contributed by atoms with Crippen LogP contribution in [-0.2, 0) is 23.9 Å². The van der Waals surface area contributed by atoms with Gasteiger partial charge in [-0.25, -0.2) is 4.79 Å². The van der Waals surface area contributed by atoms with Crippen molar-refractivity contribution in [3.63, 3.8) is 0 Å². The lowest BCUT2D eigenvalue weighted by Crippen LogP contribution is -2.94. The number of piperidine rings is 1. The summed E-state index contributed by atoms with van der Waals surface area (Å²) in [6.07, 6.45) is 16.9. The van der Waals surface area contributed by atoms with Crippen LogP contribution >= 0.6 is 0 Å². The quantitative estimate of drug-likeness (QED) is 0.118. The minimum atomic E-state index is -1.90. The zero-order chi connectivity index (χ0) is 31.8. The van der Waals surface area contributed by atoms with Gasteiger partial charge in [-0.2, -0.15) is 0 Å². The highest BCUT2D eigenvalue weighted by molar-refractivity contribution is 6.23. The predicted octanol–water partition coefficient (Wildman–Crippen LogP) is 1.60. The number of nitrogens with two attached hydrogens (primary N) is 3. The Kier molecular flexibility index (Phi) is 9.84. The number of allylic oxidation sites excluding steroid dienone is 4. The molecule has 2 saturated carbocycles. The average Bonchev–Trinajstić information content (AvgIpc) is 3.75. The van der Waals surface area contributed by atoms with Gasteiger partial charge in [0.05, 0.1) is 19.7 Å². The number of rotatable bonds is 11. The van der Waals surface area contributed by atoms with Gasteiger partial charge in [-0.1, -0.05) is 30.6 Å². The van der Waals surface area contributed by atoms with Gasteiger partial charge in [0.1, 0.15) is 18.8 Å². The van der Waals surface area contributed by atoms with Gasteiger partial charge >= 0.3 is 5.97 Å². The number of aliphatic hydroxyl groups is 1. The summed E-state index contributed by atoms with van der Waals surface area (Å²) in [4.78, 5) is 42.6. The number of quaternary nitrogens is 2. The van der Waals surface area contributed by atoms with E-state index in [4.69, 9.17) is 15.2 Å². The van der Waals surface area contributed by atoms with E-state index in [1.165, 1.54) is 5.57 Å². The van der Waals surface area contributed by atoms with E-state index >= 15 is 0 Å². The van der Waals surface area contributed by atoms with E-state index in [2.05, 4.69) is 35.8 Å². The SMILES string of the molecule is CC[NH2+][C@H]1C=C2C=CCC[C@H]2C[C@H]1COC(=O)[C@]12O[C@@]1(CC(CO)=C(C)CCC1CC[NH2+]C(N)C1)C(=O)C1CCCCC1C2=O. The third-order valence-electron chi connectivity index (χ3n) is 12.1. The fraction of sp³-hybridized carbons (Fsp3) is 0.750. The number of likely N-dealkylation sites (N-methyl/N-ethyl adjacent to an activating group) is 1. The minimum Gasteiger partial charge on any atom is -0.463 e. The molecule has 4 aliphatic carbocycles. The number of epoxide rings is 1. The van der Waals surface area contributed by atoms with E-state index in [9.17, 15) is 19.5 Å². The molecule has 9 atom stereocenters. The van der Waals surface area contributed by atoms with E-state index in [0.717, 1.165) is 76.5 Å². The fourth-order valence-electron chi connectivity index (χ4n) is 9.37. The van der Waals surface area contributed by atoms with Crippen LogP contribution in [0.15, 0.2) is 34.9 Å². The Labute approximate surface area is 267 Å². The number of ketones is 2. The summed E-state index contributed by atoms with van der Waals surface area (Å²) in [6, 6.07) is 0.189. The van der Waals surface area contributed by atoms with Gasteiger partial charge in [0, 0.05) is 30.6 Å². The topological polar surface area (TPSA) is 152 Å². The summed E-state index contributed by atoms with van der Waals surface area (Å²) < 4.78 is 12.3. The Balaban J connectivity index is 1.22. The first-order valence-corrected chi connectivity index (χ1v) is 17.8. The molecule has 6 aliphatic rings. The van der Waals surface area contributed by atoms with Crippen molar-refractivity contribution < 1.29 is 39.6 Å². The van der Waals surface area contributed by atoms with Gasteiger partial charge in [0.15, 0.2) is 17.2 Å². The number of hydrogen-bond acceptors (Lipinski definition) is 7. The Hall–Kier alpha value is -2.17. The Bertz CT molecular complexity index is 1260. The van der Waals surface area contributed by atoms with Crippen molar-refractivity contribution in [1.82, 2.24) is 0 Å². The smallest absolute Gasteiger partial charge is 0.350 e. The first-order chi connectivity index (χ1) is 21.7. The molecule has 4 unspecified atom stereocenters. The predicted molar refractivity (Wildman–Crippen MR) is 168 cm³/mol. The lowest BCUT2D eigenvalue weighted by molar-refractivity contribution is -0.699. The molecule has 7 N–H and O–H groups in total. The number of aliphatic hydroxyl groups excluding tert-OH is 1. The molecule has 0 aromatic rings. The number of carbonyl (C=O) groups excluding carboxylic acids is 3. The van der Waals surface area contributed by atoms with Crippen molar-refractivity contribution in [2.45, 2.75) is 114 Å². The summed E-state index contributed by atoms with van der Waals surface area (Å²) in [5.74, 6) is -0.962. The second-order valence-corrected chi connectivity index (χ2v) is 14.8. The molecule has 45 heavy (non-hydrogen) atoms. The van der Waals surface area contributed by atoms with Crippen molar-refractivity contribution in [2.75, 3.05) is 26.3 Å².